The van der Waals surface area contributed by atoms with E-state index in [0.29, 0.717) is 47.6 Å². The van der Waals surface area contributed by atoms with Crippen molar-refractivity contribution in [3.63, 3.8) is 0 Å². The first kappa shape index (κ1) is 19.6. The number of piperidine rings is 1. The molecule has 0 amide bonds. The maximum absolute atomic E-state index is 13.2. The largest absolute Gasteiger partial charge is 0.480 e. The smallest absolute Gasteiger partial charge is 0.246 e. The third-order valence-corrected chi connectivity index (χ3v) is 6.78. The van der Waals surface area contributed by atoms with Crippen LogP contribution in [0.5, 0.6) is 11.8 Å². The van der Waals surface area contributed by atoms with E-state index >= 15 is 0 Å². The zero-order valence-electron chi connectivity index (χ0n) is 16.0. The van der Waals surface area contributed by atoms with Crippen LogP contribution in [0.1, 0.15) is 31.2 Å². The molecule has 0 N–H and O–H groups in total. The van der Waals surface area contributed by atoms with Crippen LogP contribution < -0.4 is 9.47 Å². The molecule has 0 spiro atoms. The number of aryl methyl sites for hydroxylation is 2. The van der Waals surface area contributed by atoms with E-state index in [4.69, 9.17) is 9.47 Å². The van der Waals surface area contributed by atoms with Crippen LogP contribution in [-0.2, 0) is 16.6 Å². The molecule has 1 saturated heterocycles. The van der Waals surface area contributed by atoms with Crippen LogP contribution in [0.25, 0.3) is 0 Å². The van der Waals surface area contributed by atoms with Gasteiger partial charge in [0.2, 0.25) is 21.8 Å². The van der Waals surface area contributed by atoms with E-state index in [-0.39, 0.29) is 12.6 Å². The molecule has 3 rings (SSSR count). The van der Waals surface area contributed by atoms with Gasteiger partial charge in [-0.05, 0) is 33.6 Å². The molecule has 0 aliphatic carbocycles. The van der Waals surface area contributed by atoms with Crippen LogP contribution in [0.2, 0.25) is 0 Å². The topological polar surface area (TPSA) is 99.4 Å². The van der Waals surface area contributed by atoms with Gasteiger partial charge in [-0.15, -0.1) is 10.2 Å². The number of sulfonamides is 1. The molecule has 2 aromatic heterocycles. The minimum absolute atomic E-state index is 0.270. The average Bonchev–Trinajstić information content (AvgIpc) is 2.96. The highest BCUT2D eigenvalue weighted by molar-refractivity contribution is 7.89. The molecule has 3 heterocycles. The second-order valence-electron chi connectivity index (χ2n) is 6.47. The number of methoxy groups -OCH3 is 1. The fraction of sp³-hybridized carbons (Fsp3) is 0.588. The number of aromatic nitrogens is 4. The predicted octanol–water partition coefficient (Wildman–Crippen LogP) is 1.55. The summed E-state index contributed by atoms with van der Waals surface area (Å²) in [5, 5.41) is 12.2. The van der Waals surface area contributed by atoms with Crippen molar-refractivity contribution in [3.05, 3.63) is 23.5 Å². The molecule has 10 heteroatoms. The summed E-state index contributed by atoms with van der Waals surface area (Å²) in [4.78, 5) is 0.300. The lowest BCUT2D eigenvalue weighted by Gasteiger charge is -2.31. The molecular formula is C17H25N5O4S. The SMILES string of the molecule is CCn1nc(C)c(S(=O)(=O)N2CCCC(Oc3ccc(OC)nn3)C2)c1C. The quantitative estimate of drug-likeness (QED) is 0.731. The Morgan fingerprint density at radius 3 is 2.52 bits per heavy atom. The van der Waals surface area contributed by atoms with Gasteiger partial charge in [-0.25, -0.2) is 8.42 Å². The monoisotopic (exact) mass is 395 g/mol. The Morgan fingerprint density at radius 2 is 1.93 bits per heavy atom. The minimum atomic E-state index is -3.63. The Hall–Kier alpha value is -2.20. The van der Waals surface area contributed by atoms with Gasteiger partial charge in [0, 0.05) is 25.2 Å². The average molecular weight is 395 g/mol. The molecule has 1 atom stereocenters. The van der Waals surface area contributed by atoms with Crippen LogP contribution in [0.4, 0.5) is 0 Å². The fourth-order valence-electron chi connectivity index (χ4n) is 3.36. The van der Waals surface area contributed by atoms with Crippen molar-refractivity contribution in [2.45, 2.75) is 51.2 Å². The summed E-state index contributed by atoms with van der Waals surface area (Å²) in [7, 11) is -2.12. The molecule has 1 unspecified atom stereocenters. The van der Waals surface area contributed by atoms with Gasteiger partial charge in [-0.3, -0.25) is 4.68 Å². The Bertz CT molecular complexity index is 895. The highest BCUT2D eigenvalue weighted by Crippen LogP contribution is 2.27. The molecule has 1 aliphatic rings. The predicted molar refractivity (Wildman–Crippen MR) is 98.4 cm³/mol. The molecule has 9 nitrogen and oxygen atoms in total. The molecule has 148 valence electrons. The third-order valence-electron chi connectivity index (χ3n) is 4.67. The Kier molecular flexibility index (Phi) is 5.66. The summed E-state index contributed by atoms with van der Waals surface area (Å²) in [6, 6.07) is 3.32. The number of ether oxygens (including phenoxy) is 2. The van der Waals surface area contributed by atoms with Crippen LogP contribution >= 0.6 is 0 Å². The summed E-state index contributed by atoms with van der Waals surface area (Å²) in [6.45, 7) is 6.83. The van der Waals surface area contributed by atoms with Crippen molar-refractivity contribution in [1.29, 1.82) is 0 Å². The van der Waals surface area contributed by atoms with Gasteiger partial charge in [0.25, 0.3) is 0 Å². The molecule has 27 heavy (non-hydrogen) atoms. The zero-order valence-corrected chi connectivity index (χ0v) is 16.9. The zero-order chi connectivity index (χ0) is 19.6. The highest BCUT2D eigenvalue weighted by atomic mass is 32.2. The van der Waals surface area contributed by atoms with E-state index < -0.39 is 10.0 Å². The van der Waals surface area contributed by atoms with E-state index in [9.17, 15) is 8.42 Å². The van der Waals surface area contributed by atoms with E-state index in [1.807, 2.05) is 6.92 Å². The number of hydrogen-bond acceptors (Lipinski definition) is 7. The van der Waals surface area contributed by atoms with Gasteiger partial charge in [0.15, 0.2) is 0 Å². The second kappa shape index (κ2) is 7.81. The lowest BCUT2D eigenvalue weighted by atomic mass is 10.1. The summed E-state index contributed by atoms with van der Waals surface area (Å²) in [5.41, 5.74) is 1.19. The minimum Gasteiger partial charge on any atom is -0.480 e. The van der Waals surface area contributed by atoms with Crippen molar-refractivity contribution < 1.29 is 17.9 Å². The standard InChI is InChI=1S/C17H25N5O4S/c1-5-22-13(3)17(12(2)20-22)27(23,24)21-10-6-7-14(11-21)26-16-9-8-15(25-4)18-19-16/h8-9,14H,5-7,10-11H2,1-4H3. The lowest BCUT2D eigenvalue weighted by Crippen LogP contribution is -2.44. The van der Waals surface area contributed by atoms with E-state index in [2.05, 4.69) is 15.3 Å². The lowest BCUT2D eigenvalue weighted by molar-refractivity contribution is 0.123. The fourth-order valence-corrected chi connectivity index (χ4v) is 5.24. The Balaban J connectivity index is 1.77. The molecule has 1 aliphatic heterocycles. The van der Waals surface area contributed by atoms with E-state index in [0.717, 1.165) is 6.42 Å². The van der Waals surface area contributed by atoms with Gasteiger partial charge in [-0.1, -0.05) is 0 Å². The molecule has 0 bridgehead atoms. The van der Waals surface area contributed by atoms with Crippen LogP contribution in [-0.4, -0.2) is 59.0 Å². The third kappa shape index (κ3) is 3.91. The second-order valence-corrected chi connectivity index (χ2v) is 8.35. The number of hydrogen-bond donors (Lipinski definition) is 0. The molecular weight excluding hydrogens is 370 g/mol. The van der Waals surface area contributed by atoms with Gasteiger partial charge in [0.1, 0.15) is 11.0 Å². The molecule has 0 saturated carbocycles. The maximum Gasteiger partial charge on any atom is 0.246 e. The summed E-state index contributed by atoms with van der Waals surface area (Å²) in [6.07, 6.45) is 1.19. The summed E-state index contributed by atoms with van der Waals surface area (Å²) in [5.74, 6) is 0.750. The highest BCUT2D eigenvalue weighted by Gasteiger charge is 2.35. The van der Waals surface area contributed by atoms with Gasteiger partial charge in [-0.2, -0.15) is 9.40 Å². The Morgan fingerprint density at radius 1 is 1.22 bits per heavy atom. The van der Waals surface area contributed by atoms with Crippen molar-refractivity contribution in [1.82, 2.24) is 24.3 Å². The summed E-state index contributed by atoms with van der Waals surface area (Å²) >= 11 is 0. The first-order valence-electron chi connectivity index (χ1n) is 8.95. The van der Waals surface area contributed by atoms with Crippen LogP contribution in [0, 0.1) is 13.8 Å². The maximum atomic E-state index is 13.2. The normalized spacial score (nSPS) is 18.4. The number of rotatable bonds is 6. The first-order chi connectivity index (χ1) is 12.9. The van der Waals surface area contributed by atoms with Crippen LogP contribution in [0.3, 0.4) is 0 Å². The van der Waals surface area contributed by atoms with Crippen LogP contribution in [0.15, 0.2) is 17.0 Å². The van der Waals surface area contributed by atoms with E-state index in [1.165, 1.54) is 11.4 Å². The first-order valence-corrected chi connectivity index (χ1v) is 10.4. The van der Waals surface area contributed by atoms with Crippen molar-refractivity contribution >= 4 is 10.0 Å². The molecule has 1 fully saturated rings. The molecule has 0 radical (unpaired) electrons. The number of nitrogens with zero attached hydrogens (tertiary/aromatic N) is 5. The summed E-state index contributed by atoms with van der Waals surface area (Å²) < 4.78 is 40.4. The van der Waals surface area contributed by atoms with Crippen molar-refractivity contribution in [2.24, 2.45) is 0 Å². The van der Waals surface area contributed by atoms with Gasteiger partial charge >= 0.3 is 0 Å². The van der Waals surface area contributed by atoms with E-state index in [1.54, 1.807) is 30.7 Å². The van der Waals surface area contributed by atoms with Gasteiger partial charge < -0.3 is 9.47 Å². The molecule has 0 aromatic carbocycles. The van der Waals surface area contributed by atoms with Crippen molar-refractivity contribution in [2.75, 3.05) is 20.2 Å². The Labute approximate surface area is 159 Å². The van der Waals surface area contributed by atoms with Gasteiger partial charge in [0.05, 0.1) is 25.0 Å². The van der Waals surface area contributed by atoms with Crippen molar-refractivity contribution in [3.8, 4) is 11.8 Å². The molecule has 2 aromatic rings.